The number of furan rings is 1. The van der Waals surface area contributed by atoms with Gasteiger partial charge in [-0.1, -0.05) is 23.2 Å². The summed E-state index contributed by atoms with van der Waals surface area (Å²) in [6.45, 7) is 0. The van der Waals surface area contributed by atoms with Gasteiger partial charge in [-0.3, -0.25) is 4.79 Å². The average Bonchev–Trinajstić information content (AvgIpc) is 3.15. The van der Waals surface area contributed by atoms with Gasteiger partial charge in [0.1, 0.15) is 5.75 Å². The van der Waals surface area contributed by atoms with E-state index in [1.165, 1.54) is 0 Å². The number of amides is 1. The molecule has 1 aromatic carbocycles. The number of rotatable bonds is 5. The van der Waals surface area contributed by atoms with Crippen molar-refractivity contribution in [3.8, 4) is 11.7 Å². The van der Waals surface area contributed by atoms with Crippen LogP contribution in [0.15, 0.2) is 50.4 Å². The maximum Gasteiger partial charge on any atom is 0.291 e. The molecule has 124 valence electrons. The second-order valence-electron chi connectivity index (χ2n) is 4.61. The first-order chi connectivity index (χ1) is 11.5. The summed E-state index contributed by atoms with van der Waals surface area (Å²) in [5.41, 5.74) is 0.762. The third-order valence-electron chi connectivity index (χ3n) is 2.92. The summed E-state index contributed by atoms with van der Waals surface area (Å²) in [5, 5.41) is 5.63. The minimum atomic E-state index is -0.345. The molecule has 1 N–H and O–H groups in total. The number of carbonyl (C=O) groups excluding carboxylic acids is 1. The molecule has 24 heavy (non-hydrogen) atoms. The SMILES string of the molecule is CSc1sccc1NC(=O)c1ccc(Oc2cc(Cl)cc(Cl)c2)o1. The van der Waals surface area contributed by atoms with E-state index in [0.29, 0.717) is 15.8 Å². The van der Waals surface area contributed by atoms with Crippen LogP contribution in [0.1, 0.15) is 10.6 Å². The number of ether oxygens (including phenoxy) is 1. The Hall–Kier alpha value is -1.60. The Labute approximate surface area is 156 Å². The van der Waals surface area contributed by atoms with Crippen molar-refractivity contribution in [2.24, 2.45) is 0 Å². The van der Waals surface area contributed by atoms with E-state index in [2.05, 4.69) is 5.32 Å². The fraction of sp³-hybridized carbons (Fsp3) is 0.0625. The largest absolute Gasteiger partial charge is 0.426 e. The molecule has 2 aromatic heterocycles. The predicted molar refractivity (Wildman–Crippen MR) is 99.3 cm³/mol. The van der Waals surface area contributed by atoms with Crippen LogP contribution in [0.5, 0.6) is 11.7 Å². The van der Waals surface area contributed by atoms with Gasteiger partial charge in [0.15, 0.2) is 5.76 Å². The van der Waals surface area contributed by atoms with Gasteiger partial charge in [-0.05, 0) is 42.0 Å². The number of thiophene rings is 1. The summed E-state index contributed by atoms with van der Waals surface area (Å²) in [4.78, 5) is 12.2. The zero-order valence-electron chi connectivity index (χ0n) is 12.3. The number of halogens is 2. The third kappa shape index (κ3) is 4.08. The van der Waals surface area contributed by atoms with Crippen LogP contribution < -0.4 is 10.1 Å². The first kappa shape index (κ1) is 17.2. The molecule has 0 saturated carbocycles. The van der Waals surface area contributed by atoms with Crippen molar-refractivity contribution in [1.82, 2.24) is 0 Å². The molecule has 3 rings (SSSR count). The quantitative estimate of drug-likeness (QED) is 0.503. The van der Waals surface area contributed by atoms with E-state index in [1.807, 2.05) is 17.7 Å². The van der Waals surface area contributed by atoms with E-state index in [-0.39, 0.29) is 17.6 Å². The minimum absolute atomic E-state index is 0.149. The number of thioether (sulfide) groups is 1. The second-order valence-corrected chi connectivity index (χ2v) is 7.47. The Bertz CT molecular complexity index is 856. The molecule has 8 heteroatoms. The van der Waals surface area contributed by atoms with Crippen molar-refractivity contribution < 1.29 is 13.9 Å². The van der Waals surface area contributed by atoms with E-state index in [0.717, 1.165) is 9.90 Å². The summed E-state index contributed by atoms with van der Waals surface area (Å²) in [5.74, 6) is 0.407. The van der Waals surface area contributed by atoms with Crippen molar-refractivity contribution in [2.75, 3.05) is 11.6 Å². The molecule has 2 heterocycles. The Morgan fingerprint density at radius 1 is 1.21 bits per heavy atom. The monoisotopic (exact) mass is 399 g/mol. The molecule has 0 saturated heterocycles. The number of carbonyl (C=O) groups is 1. The van der Waals surface area contributed by atoms with Crippen LogP contribution in [0, 0.1) is 0 Å². The van der Waals surface area contributed by atoms with Crippen LogP contribution in [0.25, 0.3) is 0 Å². The van der Waals surface area contributed by atoms with Crippen molar-refractivity contribution in [1.29, 1.82) is 0 Å². The van der Waals surface area contributed by atoms with E-state index < -0.39 is 0 Å². The van der Waals surface area contributed by atoms with Gasteiger partial charge in [-0.15, -0.1) is 23.1 Å². The van der Waals surface area contributed by atoms with E-state index >= 15 is 0 Å². The number of hydrogen-bond acceptors (Lipinski definition) is 5. The number of hydrogen-bond donors (Lipinski definition) is 1. The molecule has 0 aliphatic heterocycles. The zero-order valence-corrected chi connectivity index (χ0v) is 15.5. The zero-order chi connectivity index (χ0) is 17.1. The average molecular weight is 400 g/mol. The molecule has 0 atom stereocenters. The van der Waals surface area contributed by atoms with Crippen LogP contribution >= 0.6 is 46.3 Å². The standard InChI is InChI=1S/C16H11Cl2NO3S2/c1-23-16-12(4-5-24-16)19-15(20)13-2-3-14(22-13)21-11-7-9(17)6-10(18)8-11/h2-8H,1H3,(H,19,20). The molecule has 0 aliphatic carbocycles. The molecule has 0 aliphatic rings. The van der Waals surface area contributed by atoms with Crippen LogP contribution in [0.2, 0.25) is 10.0 Å². The first-order valence-electron chi connectivity index (χ1n) is 6.72. The van der Waals surface area contributed by atoms with Crippen molar-refractivity contribution >= 4 is 57.9 Å². The van der Waals surface area contributed by atoms with Gasteiger partial charge in [0.25, 0.3) is 11.9 Å². The maximum atomic E-state index is 12.2. The van der Waals surface area contributed by atoms with Crippen LogP contribution in [-0.4, -0.2) is 12.2 Å². The van der Waals surface area contributed by atoms with Crippen molar-refractivity contribution in [3.05, 3.63) is 57.6 Å². The lowest BCUT2D eigenvalue weighted by atomic mass is 10.3. The van der Waals surface area contributed by atoms with Gasteiger partial charge in [0.05, 0.1) is 9.90 Å². The van der Waals surface area contributed by atoms with E-state index in [1.54, 1.807) is 53.4 Å². The molecule has 0 spiro atoms. The summed E-state index contributed by atoms with van der Waals surface area (Å²) >= 11 is 15.0. The predicted octanol–water partition coefficient (Wildman–Crippen LogP) is 6.41. The molecule has 0 unspecified atom stereocenters. The normalized spacial score (nSPS) is 10.6. The molecule has 1 amide bonds. The highest BCUT2D eigenvalue weighted by atomic mass is 35.5. The lowest BCUT2D eigenvalue weighted by Crippen LogP contribution is -2.10. The Balaban J connectivity index is 1.72. The summed E-state index contributed by atoms with van der Waals surface area (Å²) in [7, 11) is 0. The molecule has 4 nitrogen and oxygen atoms in total. The molecular weight excluding hydrogens is 389 g/mol. The van der Waals surface area contributed by atoms with Gasteiger partial charge in [-0.2, -0.15) is 0 Å². The maximum absolute atomic E-state index is 12.2. The van der Waals surface area contributed by atoms with Gasteiger partial charge in [0, 0.05) is 16.1 Å². The summed E-state index contributed by atoms with van der Waals surface area (Å²) in [6.07, 6.45) is 1.95. The van der Waals surface area contributed by atoms with Crippen LogP contribution in [-0.2, 0) is 0 Å². The Kier molecular flexibility index (Phi) is 5.40. The molecular formula is C16H11Cl2NO3S2. The fourth-order valence-corrected chi connectivity index (χ4v) is 3.90. The van der Waals surface area contributed by atoms with Gasteiger partial charge < -0.3 is 14.5 Å². The summed E-state index contributed by atoms with van der Waals surface area (Å²) < 4.78 is 12.0. The Morgan fingerprint density at radius 3 is 2.67 bits per heavy atom. The highest BCUT2D eigenvalue weighted by Gasteiger charge is 2.15. The van der Waals surface area contributed by atoms with Gasteiger partial charge in [-0.25, -0.2) is 0 Å². The number of benzene rings is 1. The van der Waals surface area contributed by atoms with Gasteiger partial charge >= 0.3 is 0 Å². The molecule has 3 aromatic rings. The highest BCUT2D eigenvalue weighted by molar-refractivity contribution is 8.00. The minimum Gasteiger partial charge on any atom is -0.426 e. The topological polar surface area (TPSA) is 51.5 Å². The molecule has 0 radical (unpaired) electrons. The fourth-order valence-electron chi connectivity index (χ4n) is 1.93. The number of nitrogens with one attached hydrogen (secondary N) is 1. The van der Waals surface area contributed by atoms with Gasteiger partial charge in [0.2, 0.25) is 0 Å². The highest BCUT2D eigenvalue weighted by Crippen LogP contribution is 2.32. The third-order valence-corrected chi connectivity index (χ3v) is 5.44. The summed E-state index contributed by atoms with van der Waals surface area (Å²) in [6, 6.07) is 9.76. The van der Waals surface area contributed by atoms with Crippen LogP contribution in [0.4, 0.5) is 5.69 Å². The molecule has 0 fully saturated rings. The Morgan fingerprint density at radius 2 is 1.96 bits per heavy atom. The van der Waals surface area contributed by atoms with E-state index in [9.17, 15) is 4.79 Å². The lowest BCUT2D eigenvalue weighted by Gasteiger charge is -2.04. The number of anilines is 1. The van der Waals surface area contributed by atoms with E-state index in [4.69, 9.17) is 32.4 Å². The van der Waals surface area contributed by atoms with Crippen LogP contribution in [0.3, 0.4) is 0 Å². The van der Waals surface area contributed by atoms with Crippen molar-refractivity contribution in [2.45, 2.75) is 4.21 Å². The smallest absolute Gasteiger partial charge is 0.291 e. The van der Waals surface area contributed by atoms with Crippen molar-refractivity contribution in [3.63, 3.8) is 0 Å². The first-order valence-corrected chi connectivity index (χ1v) is 9.58. The lowest BCUT2D eigenvalue weighted by molar-refractivity contribution is 0.0991. The molecule has 0 bridgehead atoms. The second kappa shape index (κ2) is 7.53.